The third-order valence-corrected chi connectivity index (χ3v) is 3.99. The number of amides is 3. The third-order valence-electron chi connectivity index (χ3n) is 3.99. The molecule has 0 atom stereocenters. The van der Waals surface area contributed by atoms with Gasteiger partial charge in [-0.3, -0.25) is 4.79 Å². The standard InChI is InChI=1S/C20H20N4O4/c1-27-18-10-13(11-21)2-9-17(18)28-12-19(25)22-14-3-5-15(6-4-14)23-20(26)24-16-7-8-16/h2-6,9-10,16H,7-8,12H2,1H3,(H,22,25)(H2,23,24,26). The zero-order valence-electron chi connectivity index (χ0n) is 15.3. The smallest absolute Gasteiger partial charge is 0.319 e. The molecule has 2 aromatic rings. The molecule has 3 rings (SSSR count). The second-order valence-corrected chi connectivity index (χ2v) is 6.26. The Kier molecular flexibility index (Phi) is 5.97. The minimum absolute atomic E-state index is 0.216. The van der Waals surface area contributed by atoms with E-state index in [1.54, 1.807) is 42.5 Å². The fourth-order valence-electron chi connectivity index (χ4n) is 2.41. The molecule has 0 bridgehead atoms. The van der Waals surface area contributed by atoms with Gasteiger partial charge >= 0.3 is 6.03 Å². The first-order valence-corrected chi connectivity index (χ1v) is 8.76. The molecule has 28 heavy (non-hydrogen) atoms. The van der Waals surface area contributed by atoms with E-state index in [-0.39, 0.29) is 24.6 Å². The number of urea groups is 1. The van der Waals surface area contributed by atoms with Crippen LogP contribution in [0.5, 0.6) is 11.5 Å². The number of ether oxygens (including phenoxy) is 2. The quantitative estimate of drug-likeness (QED) is 0.684. The molecule has 0 aliphatic heterocycles. The van der Waals surface area contributed by atoms with Gasteiger partial charge in [0.05, 0.1) is 18.7 Å². The molecular formula is C20H20N4O4. The van der Waals surface area contributed by atoms with Crippen LogP contribution in [0.25, 0.3) is 0 Å². The number of rotatable bonds is 7. The predicted octanol–water partition coefficient (Wildman–Crippen LogP) is 2.87. The van der Waals surface area contributed by atoms with Gasteiger partial charge in [0, 0.05) is 23.5 Å². The van der Waals surface area contributed by atoms with Crippen LogP contribution in [-0.4, -0.2) is 31.7 Å². The minimum atomic E-state index is -0.349. The summed E-state index contributed by atoms with van der Waals surface area (Å²) < 4.78 is 10.6. The Morgan fingerprint density at radius 2 is 1.75 bits per heavy atom. The van der Waals surface area contributed by atoms with Crippen molar-refractivity contribution in [3.8, 4) is 17.6 Å². The Hall–Kier alpha value is -3.73. The van der Waals surface area contributed by atoms with Gasteiger partial charge in [0.25, 0.3) is 5.91 Å². The Labute approximate surface area is 162 Å². The highest BCUT2D eigenvalue weighted by Crippen LogP contribution is 2.27. The molecule has 0 heterocycles. The summed E-state index contributed by atoms with van der Waals surface area (Å²) in [5.74, 6) is 0.406. The lowest BCUT2D eigenvalue weighted by Gasteiger charge is -2.11. The average Bonchev–Trinajstić information content (AvgIpc) is 3.51. The van der Waals surface area contributed by atoms with E-state index >= 15 is 0 Å². The lowest BCUT2D eigenvalue weighted by atomic mass is 10.2. The van der Waals surface area contributed by atoms with Gasteiger partial charge in [-0.25, -0.2) is 4.79 Å². The van der Waals surface area contributed by atoms with Gasteiger partial charge in [-0.05, 0) is 49.2 Å². The molecule has 144 valence electrons. The first-order valence-electron chi connectivity index (χ1n) is 8.76. The zero-order valence-corrected chi connectivity index (χ0v) is 15.3. The van der Waals surface area contributed by atoms with Crippen LogP contribution in [0.2, 0.25) is 0 Å². The number of carbonyl (C=O) groups is 2. The van der Waals surface area contributed by atoms with Crippen molar-refractivity contribution in [2.75, 3.05) is 24.4 Å². The van der Waals surface area contributed by atoms with E-state index in [9.17, 15) is 9.59 Å². The highest BCUT2D eigenvalue weighted by Gasteiger charge is 2.23. The van der Waals surface area contributed by atoms with Crippen molar-refractivity contribution < 1.29 is 19.1 Å². The van der Waals surface area contributed by atoms with E-state index in [1.165, 1.54) is 7.11 Å². The van der Waals surface area contributed by atoms with Crippen molar-refractivity contribution >= 4 is 23.3 Å². The van der Waals surface area contributed by atoms with Crippen LogP contribution in [0.1, 0.15) is 18.4 Å². The van der Waals surface area contributed by atoms with E-state index in [2.05, 4.69) is 16.0 Å². The number of benzene rings is 2. The van der Waals surface area contributed by atoms with Crippen LogP contribution in [0.15, 0.2) is 42.5 Å². The Balaban J connectivity index is 1.49. The van der Waals surface area contributed by atoms with Gasteiger partial charge in [-0.2, -0.15) is 5.26 Å². The molecular weight excluding hydrogens is 360 g/mol. The first-order chi connectivity index (χ1) is 13.6. The number of nitrogens with one attached hydrogen (secondary N) is 3. The summed E-state index contributed by atoms with van der Waals surface area (Å²) in [6.07, 6.45) is 2.05. The number of hydrogen-bond acceptors (Lipinski definition) is 5. The van der Waals surface area contributed by atoms with E-state index in [0.717, 1.165) is 12.8 Å². The van der Waals surface area contributed by atoms with E-state index in [4.69, 9.17) is 14.7 Å². The third kappa shape index (κ3) is 5.38. The summed E-state index contributed by atoms with van der Waals surface area (Å²) >= 11 is 0. The molecule has 1 aliphatic carbocycles. The Morgan fingerprint density at radius 1 is 1.07 bits per heavy atom. The maximum atomic E-state index is 12.1. The number of carbonyl (C=O) groups excluding carboxylic acids is 2. The molecule has 0 unspecified atom stereocenters. The van der Waals surface area contributed by atoms with Crippen molar-refractivity contribution in [2.45, 2.75) is 18.9 Å². The molecule has 2 aromatic carbocycles. The minimum Gasteiger partial charge on any atom is -0.493 e. The highest BCUT2D eigenvalue weighted by molar-refractivity contribution is 5.93. The summed E-state index contributed by atoms with van der Waals surface area (Å²) in [4.78, 5) is 23.8. The van der Waals surface area contributed by atoms with Gasteiger partial charge in [-0.1, -0.05) is 0 Å². The lowest BCUT2D eigenvalue weighted by molar-refractivity contribution is -0.118. The van der Waals surface area contributed by atoms with Crippen molar-refractivity contribution in [1.29, 1.82) is 5.26 Å². The van der Waals surface area contributed by atoms with Gasteiger partial charge in [0.2, 0.25) is 0 Å². The number of nitriles is 1. The SMILES string of the molecule is COc1cc(C#N)ccc1OCC(=O)Nc1ccc(NC(=O)NC2CC2)cc1. The summed E-state index contributed by atoms with van der Waals surface area (Å²) in [6.45, 7) is -0.216. The number of methoxy groups -OCH3 is 1. The zero-order chi connectivity index (χ0) is 19.9. The van der Waals surface area contributed by atoms with E-state index in [0.29, 0.717) is 28.4 Å². The van der Waals surface area contributed by atoms with Crippen LogP contribution < -0.4 is 25.4 Å². The topological polar surface area (TPSA) is 112 Å². The molecule has 0 spiro atoms. The molecule has 8 nitrogen and oxygen atoms in total. The second-order valence-electron chi connectivity index (χ2n) is 6.26. The van der Waals surface area contributed by atoms with Crippen molar-refractivity contribution in [3.63, 3.8) is 0 Å². The molecule has 0 radical (unpaired) electrons. The van der Waals surface area contributed by atoms with E-state index < -0.39 is 0 Å². The number of hydrogen-bond donors (Lipinski definition) is 3. The lowest BCUT2D eigenvalue weighted by Crippen LogP contribution is -2.30. The van der Waals surface area contributed by atoms with Crippen LogP contribution in [-0.2, 0) is 4.79 Å². The van der Waals surface area contributed by atoms with Gasteiger partial charge in [0.15, 0.2) is 18.1 Å². The number of anilines is 2. The van der Waals surface area contributed by atoms with E-state index in [1.807, 2.05) is 6.07 Å². The molecule has 1 aliphatic rings. The maximum absolute atomic E-state index is 12.1. The fraction of sp³-hybridized carbons (Fsp3) is 0.250. The van der Waals surface area contributed by atoms with Crippen molar-refractivity contribution in [3.05, 3.63) is 48.0 Å². The summed E-state index contributed by atoms with van der Waals surface area (Å²) in [5, 5.41) is 17.2. The van der Waals surface area contributed by atoms with Crippen LogP contribution in [0.4, 0.5) is 16.2 Å². The summed E-state index contributed by atoms with van der Waals surface area (Å²) in [5.41, 5.74) is 1.65. The molecule has 3 N–H and O–H groups in total. The molecule has 8 heteroatoms. The normalized spacial score (nSPS) is 12.4. The summed E-state index contributed by atoms with van der Waals surface area (Å²) in [6, 6.07) is 13.5. The number of nitrogens with zero attached hydrogens (tertiary/aromatic N) is 1. The molecule has 1 saturated carbocycles. The Bertz CT molecular complexity index is 901. The molecule has 0 saturated heterocycles. The summed E-state index contributed by atoms with van der Waals surface area (Å²) in [7, 11) is 1.46. The maximum Gasteiger partial charge on any atom is 0.319 e. The second kappa shape index (κ2) is 8.77. The highest BCUT2D eigenvalue weighted by atomic mass is 16.5. The monoisotopic (exact) mass is 380 g/mol. The molecule has 0 aromatic heterocycles. The average molecular weight is 380 g/mol. The molecule has 3 amide bonds. The van der Waals surface area contributed by atoms with Crippen LogP contribution >= 0.6 is 0 Å². The van der Waals surface area contributed by atoms with Crippen LogP contribution in [0, 0.1) is 11.3 Å². The van der Waals surface area contributed by atoms with Crippen LogP contribution in [0.3, 0.4) is 0 Å². The molecule has 1 fully saturated rings. The predicted molar refractivity (Wildman–Crippen MR) is 103 cm³/mol. The van der Waals surface area contributed by atoms with Crippen molar-refractivity contribution in [1.82, 2.24) is 5.32 Å². The first kappa shape index (κ1) is 19.0. The van der Waals surface area contributed by atoms with Gasteiger partial charge < -0.3 is 25.4 Å². The van der Waals surface area contributed by atoms with Gasteiger partial charge in [-0.15, -0.1) is 0 Å². The van der Waals surface area contributed by atoms with Gasteiger partial charge in [0.1, 0.15) is 0 Å². The largest absolute Gasteiger partial charge is 0.493 e. The fourth-order valence-corrected chi connectivity index (χ4v) is 2.41. The Morgan fingerprint density at radius 3 is 2.36 bits per heavy atom. The van der Waals surface area contributed by atoms with Crippen molar-refractivity contribution in [2.24, 2.45) is 0 Å².